The Bertz CT molecular complexity index is 4910. The summed E-state index contributed by atoms with van der Waals surface area (Å²) in [5, 5.41) is 16.0. The highest BCUT2D eigenvalue weighted by Crippen LogP contribution is 2.31. The van der Waals surface area contributed by atoms with E-state index in [9.17, 15) is 24.0 Å². The van der Waals surface area contributed by atoms with Gasteiger partial charge in [-0.25, -0.2) is 24.9 Å². The van der Waals surface area contributed by atoms with Crippen LogP contribution < -0.4 is 41.8 Å². The summed E-state index contributed by atoms with van der Waals surface area (Å²) in [6.07, 6.45) is 26.4. The smallest absolute Gasteiger partial charge is 0.225 e. The Balaban J connectivity index is 0.000000278. The lowest BCUT2D eigenvalue weighted by Crippen LogP contribution is -2.25. The maximum Gasteiger partial charge on any atom is 0.225 e. The number of carbonyl (C=O) groups is 5. The van der Waals surface area contributed by atoms with Crippen LogP contribution in [0.5, 0.6) is 11.5 Å². The predicted octanol–water partition coefficient (Wildman–Crippen LogP) is 20.0. The van der Waals surface area contributed by atoms with Gasteiger partial charge >= 0.3 is 0 Å². The molecule has 9 heterocycles. The molecule has 9 aromatic heterocycles. The van der Waals surface area contributed by atoms with Crippen LogP contribution in [0.2, 0.25) is 0 Å². The second kappa shape index (κ2) is 60.3. The molecule has 11 aromatic rings. The lowest BCUT2D eigenvalue weighted by molar-refractivity contribution is -0.121. The van der Waals surface area contributed by atoms with E-state index in [4.69, 9.17) is 35.1 Å². The molecular formula is C104H133N19O7S2. The minimum atomic E-state index is -0.0283. The summed E-state index contributed by atoms with van der Waals surface area (Å²) in [6, 6.07) is 65.6. The van der Waals surface area contributed by atoms with Crippen LogP contribution in [0.15, 0.2) is 236 Å². The number of rotatable bonds is 60. The first-order valence-corrected chi connectivity index (χ1v) is 49.2. The second-order valence-electron chi connectivity index (χ2n) is 33.0. The van der Waals surface area contributed by atoms with Crippen LogP contribution in [-0.2, 0) is 103 Å². The van der Waals surface area contributed by atoms with Gasteiger partial charge in [0.2, 0.25) is 29.5 Å². The van der Waals surface area contributed by atoms with Crippen molar-refractivity contribution < 1.29 is 33.4 Å². The van der Waals surface area contributed by atoms with Gasteiger partial charge in [-0.2, -0.15) is 0 Å². The van der Waals surface area contributed by atoms with Gasteiger partial charge in [0.25, 0.3) is 0 Å². The minimum Gasteiger partial charge on any atom is -0.494 e. The van der Waals surface area contributed by atoms with Crippen LogP contribution in [0.25, 0.3) is 0 Å². The van der Waals surface area contributed by atoms with E-state index in [1.807, 2.05) is 189 Å². The van der Waals surface area contributed by atoms with Crippen molar-refractivity contribution in [2.75, 3.05) is 53.3 Å². The quantitative estimate of drug-likeness (QED) is 0.0152. The van der Waals surface area contributed by atoms with Crippen LogP contribution in [-0.4, -0.2) is 126 Å². The number of unbranched alkanes of at least 4 members (excludes halogenated alkanes) is 10. The third-order valence-corrected chi connectivity index (χ3v) is 23.5. The number of nitrogens with one attached hydrogen (secondary N) is 5. The number of hydrogen-bond donors (Lipinski definition) is 6. The largest absolute Gasteiger partial charge is 0.494 e. The van der Waals surface area contributed by atoms with Crippen molar-refractivity contribution in [2.45, 2.75) is 246 Å². The van der Waals surface area contributed by atoms with E-state index in [1.54, 1.807) is 27.8 Å². The molecule has 0 radical (unpaired) electrons. The molecule has 28 heteroatoms. The Morgan fingerprint density at radius 1 is 0.311 bits per heavy atom. The molecule has 0 atom stereocenters. The number of nitrogens with two attached hydrogens (primary N) is 1. The van der Waals surface area contributed by atoms with E-state index in [-0.39, 0.29) is 29.5 Å². The highest BCUT2D eigenvalue weighted by Gasteiger charge is 2.21. The Morgan fingerprint density at radius 2 is 0.614 bits per heavy atom. The number of hydrogen-bond acceptors (Lipinski definition) is 23. The minimum absolute atomic E-state index is 0.0144. The van der Waals surface area contributed by atoms with Crippen LogP contribution in [0.4, 0.5) is 23.3 Å². The molecule has 2 aromatic carbocycles. The number of carbonyl (C=O) groups excluding carboxylic acids is 5. The fraction of sp³-hybridized carbons (Fsp3) is 0.404. The number of pyridine rings is 9. The van der Waals surface area contributed by atoms with Crippen molar-refractivity contribution in [3.8, 4) is 11.5 Å². The Morgan fingerprint density at radius 3 is 0.909 bits per heavy atom. The van der Waals surface area contributed by atoms with Gasteiger partial charge in [0.1, 0.15) is 39.8 Å². The molecule has 0 aliphatic carbocycles. The average Bonchev–Trinajstić information content (AvgIpc) is 0.835. The number of aromatic nitrogens is 9. The summed E-state index contributed by atoms with van der Waals surface area (Å²) < 4.78 is 12.9. The third-order valence-electron chi connectivity index (χ3n) is 21.2. The van der Waals surface area contributed by atoms with Crippen LogP contribution in [0.3, 0.4) is 0 Å². The van der Waals surface area contributed by atoms with Gasteiger partial charge in [-0.15, -0.1) is 0 Å². The maximum atomic E-state index is 12.8. The summed E-state index contributed by atoms with van der Waals surface area (Å²) in [7, 11) is 3.21. The van der Waals surface area contributed by atoms with E-state index in [0.717, 1.165) is 187 Å². The van der Waals surface area contributed by atoms with E-state index in [0.29, 0.717) is 166 Å². The van der Waals surface area contributed by atoms with E-state index < -0.39 is 0 Å². The second-order valence-corrected chi connectivity index (χ2v) is 35.4. The number of amides is 5. The highest BCUT2D eigenvalue weighted by atomic mass is 33.1. The maximum absolute atomic E-state index is 12.8. The van der Waals surface area contributed by atoms with Gasteiger partial charge in [0.15, 0.2) is 0 Å². The van der Waals surface area contributed by atoms with Crippen molar-refractivity contribution in [1.82, 2.24) is 69.8 Å². The first-order chi connectivity index (χ1) is 64.7. The average molecular weight is 1830 g/mol. The van der Waals surface area contributed by atoms with Crippen molar-refractivity contribution >= 4 is 74.4 Å². The van der Waals surface area contributed by atoms with Crippen molar-refractivity contribution in [3.63, 3.8) is 0 Å². The Hall–Kier alpha value is -11.8. The topological polar surface area (TPSA) is 319 Å². The van der Waals surface area contributed by atoms with E-state index >= 15 is 0 Å². The van der Waals surface area contributed by atoms with Crippen LogP contribution >= 0.6 is 21.6 Å². The summed E-state index contributed by atoms with van der Waals surface area (Å²) >= 11 is 0. The third kappa shape index (κ3) is 41.4. The number of benzene rings is 2. The molecule has 0 saturated heterocycles. The molecule has 7 N–H and O–H groups in total. The normalized spacial score (nSPS) is 11.2. The lowest BCUT2D eigenvalue weighted by atomic mass is 10.1. The number of nitrogens with zero attached hydrogens (tertiary/aromatic N) is 13. The SMILES string of the molecule is CCCCCC(=O)Nc1cccc(CN(Cc2cc(CN(Cc3ccccn3)Cc3cccc(NC(=O)CCCCC)n3)cc(OCCCCN)c2)Cc2ccccn2)n1.CCCCCC(=O)Nc1cccc(CN(Cc2cc(CN(Cc3ccccn3)Cc3cccc(NC(=O)CCCCC)n3)cc(OCCCCNC(=O)CCSSc3ccccn3)c2)Cc2ccccn2)n1. The molecule has 5 amide bonds. The molecule has 698 valence electrons. The summed E-state index contributed by atoms with van der Waals surface area (Å²) in [4.78, 5) is 115. The van der Waals surface area contributed by atoms with E-state index in [2.05, 4.69) is 135 Å². The molecule has 0 aliphatic rings. The van der Waals surface area contributed by atoms with Crippen molar-refractivity contribution in [2.24, 2.45) is 5.73 Å². The number of ether oxygens (including phenoxy) is 2. The van der Waals surface area contributed by atoms with Crippen molar-refractivity contribution in [1.29, 1.82) is 0 Å². The Kier molecular flexibility index (Phi) is 46.8. The van der Waals surface area contributed by atoms with Crippen LogP contribution in [0.1, 0.15) is 230 Å². The zero-order valence-corrected chi connectivity index (χ0v) is 79.0. The molecular weight excluding hydrogens is 1690 g/mol. The molecule has 0 saturated carbocycles. The molecule has 0 fully saturated rings. The molecule has 132 heavy (non-hydrogen) atoms. The summed E-state index contributed by atoms with van der Waals surface area (Å²) in [5.41, 5.74) is 17.2. The molecule has 0 unspecified atom stereocenters. The molecule has 0 spiro atoms. The van der Waals surface area contributed by atoms with Gasteiger partial charge in [-0.05, 0) is 224 Å². The fourth-order valence-corrected chi connectivity index (χ4v) is 16.7. The molecule has 0 bridgehead atoms. The Labute approximate surface area is 788 Å². The zero-order chi connectivity index (χ0) is 92.6. The first kappa shape index (κ1) is 102. The summed E-state index contributed by atoms with van der Waals surface area (Å²) in [5.74, 6) is 4.41. The summed E-state index contributed by atoms with van der Waals surface area (Å²) in [6.45, 7) is 17.5. The monoisotopic (exact) mass is 1820 g/mol. The molecule has 11 rings (SSSR count). The van der Waals surface area contributed by atoms with E-state index in [1.165, 1.54) is 0 Å². The number of anilines is 4. The molecule has 26 nitrogen and oxygen atoms in total. The van der Waals surface area contributed by atoms with Gasteiger partial charge < -0.3 is 41.8 Å². The molecule has 0 aliphatic heterocycles. The standard InChI is InChI=1S/C56H70N10O4S2.C48H63N9O3/c1-3-5-7-25-54(68)63-51-23-17-21-48(61-51)42-65(40-46-19-9-12-29-57-46)38-44-35-45(37-50(36-44)70-33-16-15-31-59-53(67)28-34-71-72-56-27-11-14-32-60-56)39-66(41-47-20-10-13-30-58-47)43-49-22-18-24-52(62-49)64-55(69)26-8-6-4-2;1-3-5-7-23-47(58)54-45-21-15-19-42(52-45)36-56(34-40-17-9-12-26-50-40)32-38-29-39(31-44(30-38)60-28-14-11-25-49)33-57(35-41-18-10-13-27-51-41)37-43-20-16-22-46(53-43)55-48(59)24-8-6-4-2/h9-14,17-24,27,29-30,32,35-37H,3-8,15-16,25-26,28,31,33-34,38-43H2,1-2H3,(H,59,67)(H,61,63,68)(H,62,64,69);9-10,12-13,15-22,26-27,29-31H,3-8,11,14,23-25,28,32-37,49H2,1-2H3,(H,52,54,58)(H,53,55,59). The van der Waals surface area contributed by atoms with Gasteiger partial charge in [-0.1, -0.05) is 157 Å². The van der Waals surface area contributed by atoms with Gasteiger partial charge in [0, 0.05) is 154 Å². The van der Waals surface area contributed by atoms with Gasteiger partial charge in [-0.3, -0.25) is 63.5 Å². The zero-order valence-electron chi connectivity index (χ0n) is 77.4. The van der Waals surface area contributed by atoms with Crippen LogP contribution in [0, 0.1) is 0 Å². The first-order valence-electron chi connectivity index (χ1n) is 46.9. The fourth-order valence-electron chi connectivity index (χ4n) is 14.8. The lowest BCUT2D eigenvalue weighted by Gasteiger charge is -2.25. The van der Waals surface area contributed by atoms with Crippen molar-refractivity contribution in [3.05, 3.63) is 299 Å². The van der Waals surface area contributed by atoms with Gasteiger partial charge in [0.05, 0.1) is 58.8 Å². The highest BCUT2D eigenvalue weighted by molar-refractivity contribution is 8.76. The predicted molar refractivity (Wildman–Crippen MR) is 528 cm³/mol.